The van der Waals surface area contributed by atoms with Gasteiger partial charge >= 0.3 is 6.03 Å². The van der Waals surface area contributed by atoms with Gasteiger partial charge in [0.1, 0.15) is 0 Å². The summed E-state index contributed by atoms with van der Waals surface area (Å²) in [4.78, 5) is 49.4. The number of hydrogen-bond donors (Lipinski definition) is 0. The number of carbonyl (C=O) groups is 3. The Bertz CT molecular complexity index is 757. The molecule has 0 N–H and O–H groups in total. The van der Waals surface area contributed by atoms with E-state index >= 15 is 0 Å². The highest BCUT2D eigenvalue weighted by Gasteiger charge is 2.45. The van der Waals surface area contributed by atoms with Crippen molar-refractivity contribution in [1.29, 1.82) is 0 Å². The summed E-state index contributed by atoms with van der Waals surface area (Å²) in [5.74, 6) is 1.50. The number of urea groups is 1. The van der Waals surface area contributed by atoms with Gasteiger partial charge in [-0.2, -0.15) is 0 Å². The molecule has 5 aliphatic heterocycles. The predicted octanol–water partition coefficient (Wildman–Crippen LogP) is 1.70. The van der Waals surface area contributed by atoms with Crippen molar-refractivity contribution in [3.05, 3.63) is 0 Å². The van der Waals surface area contributed by atoms with Gasteiger partial charge in [-0.25, -0.2) is 4.79 Å². The van der Waals surface area contributed by atoms with Crippen molar-refractivity contribution in [3.63, 3.8) is 0 Å². The van der Waals surface area contributed by atoms with E-state index in [0.717, 1.165) is 77.9 Å². The Morgan fingerprint density at radius 2 is 1.58 bits per heavy atom. The zero-order chi connectivity index (χ0) is 23.1. The van der Waals surface area contributed by atoms with E-state index in [4.69, 9.17) is 0 Å². The molecule has 0 aromatic rings. The Labute approximate surface area is 198 Å². The smallest absolute Gasteiger partial charge is 0.320 e. The van der Waals surface area contributed by atoms with Crippen LogP contribution >= 0.6 is 0 Å². The molecule has 0 radical (unpaired) electrons. The van der Waals surface area contributed by atoms with Crippen molar-refractivity contribution in [1.82, 2.24) is 24.5 Å². The van der Waals surface area contributed by atoms with Gasteiger partial charge in [0.2, 0.25) is 11.8 Å². The summed E-state index contributed by atoms with van der Waals surface area (Å²) in [5.41, 5.74) is 0. The highest BCUT2D eigenvalue weighted by atomic mass is 16.2. The number of piperazine rings is 1. The number of likely N-dealkylation sites (tertiary alicyclic amines) is 2. The summed E-state index contributed by atoms with van der Waals surface area (Å²) < 4.78 is 0. The number of nitrogens with zero attached hydrogens (tertiary/aromatic N) is 5. The highest BCUT2D eigenvalue weighted by molar-refractivity contribution is 5.80. The number of carbonyl (C=O) groups excluding carboxylic acids is 3. The molecule has 5 fully saturated rings. The van der Waals surface area contributed by atoms with Gasteiger partial charge in [-0.3, -0.25) is 14.5 Å². The van der Waals surface area contributed by atoms with E-state index in [1.54, 1.807) is 0 Å². The average molecular weight is 460 g/mol. The van der Waals surface area contributed by atoms with Gasteiger partial charge in [0.15, 0.2) is 0 Å². The van der Waals surface area contributed by atoms with E-state index in [1.165, 1.54) is 0 Å². The lowest BCUT2D eigenvalue weighted by Gasteiger charge is -2.53. The first-order valence-corrected chi connectivity index (χ1v) is 13.3. The van der Waals surface area contributed by atoms with Crippen LogP contribution < -0.4 is 0 Å². The maximum absolute atomic E-state index is 13.4. The summed E-state index contributed by atoms with van der Waals surface area (Å²) in [7, 11) is 0. The van der Waals surface area contributed by atoms with E-state index in [0.29, 0.717) is 55.2 Å². The fourth-order valence-electron chi connectivity index (χ4n) is 7.00. The third kappa shape index (κ3) is 4.60. The third-order valence-electron chi connectivity index (χ3n) is 8.92. The summed E-state index contributed by atoms with van der Waals surface area (Å²) in [6.07, 6.45) is 5.48. The molecule has 8 heteroatoms. The molecule has 5 rings (SSSR count). The second-order valence-corrected chi connectivity index (χ2v) is 11.3. The predicted molar refractivity (Wildman–Crippen MR) is 126 cm³/mol. The fraction of sp³-hybridized carbons (Fsp3) is 0.880. The standard InChI is InChI=1S/C25H41N5O3/c1-18(2)26-10-12-27(13-11-26)24(32)20-6-8-28(9-7-20)25(33)29-15-19-14-21(17-29)22-4-3-5-23(31)30(22)16-19/h18-22H,3-17H2,1-2H3/t19?,21?,22-/m1/s1. The first-order valence-electron chi connectivity index (χ1n) is 13.3. The molecule has 184 valence electrons. The van der Waals surface area contributed by atoms with Crippen LogP contribution in [0, 0.1) is 17.8 Å². The van der Waals surface area contributed by atoms with Gasteiger partial charge in [-0.15, -0.1) is 0 Å². The van der Waals surface area contributed by atoms with E-state index in [9.17, 15) is 14.4 Å². The molecule has 2 bridgehead atoms. The number of piperidine rings is 4. The number of rotatable bonds is 2. The largest absolute Gasteiger partial charge is 0.340 e. The van der Waals surface area contributed by atoms with Crippen LogP contribution in [0.25, 0.3) is 0 Å². The number of fused-ring (bicyclic) bond motifs is 4. The average Bonchev–Trinajstić information content (AvgIpc) is 2.84. The molecule has 2 unspecified atom stereocenters. The van der Waals surface area contributed by atoms with Crippen LogP contribution in [0.3, 0.4) is 0 Å². The quantitative estimate of drug-likeness (QED) is 0.631. The first-order chi connectivity index (χ1) is 15.9. The molecular weight excluding hydrogens is 418 g/mol. The molecule has 5 heterocycles. The lowest BCUT2D eigenvalue weighted by Crippen LogP contribution is -2.62. The first kappa shape index (κ1) is 22.9. The lowest BCUT2D eigenvalue weighted by atomic mass is 9.76. The van der Waals surface area contributed by atoms with Crippen LogP contribution in [0.1, 0.15) is 52.4 Å². The van der Waals surface area contributed by atoms with Crippen LogP contribution in [-0.2, 0) is 9.59 Å². The normalized spacial score (nSPS) is 31.7. The van der Waals surface area contributed by atoms with Crippen molar-refractivity contribution < 1.29 is 14.4 Å². The maximum Gasteiger partial charge on any atom is 0.320 e. The van der Waals surface area contributed by atoms with Gasteiger partial charge in [-0.05, 0) is 57.8 Å². The molecule has 5 aliphatic rings. The second-order valence-electron chi connectivity index (χ2n) is 11.3. The third-order valence-corrected chi connectivity index (χ3v) is 8.92. The second kappa shape index (κ2) is 9.43. The molecule has 0 aromatic heterocycles. The molecule has 0 spiro atoms. The van der Waals surface area contributed by atoms with Crippen LogP contribution in [0.15, 0.2) is 0 Å². The summed E-state index contributed by atoms with van der Waals surface area (Å²) in [6.45, 7) is 11.7. The highest BCUT2D eigenvalue weighted by Crippen LogP contribution is 2.38. The van der Waals surface area contributed by atoms with E-state index in [-0.39, 0.29) is 11.9 Å². The van der Waals surface area contributed by atoms with E-state index in [2.05, 4.69) is 28.5 Å². The van der Waals surface area contributed by atoms with Gasteiger partial charge in [0.25, 0.3) is 0 Å². The summed E-state index contributed by atoms with van der Waals surface area (Å²) in [6, 6.07) is 1.02. The van der Waals surface area contributed by atoms with Crippen molar-refractivity contribution >= 4 is 17.8 Å². The Hall–Kier alpha value is -1.83. The van der Waals surface area contributed by atoms with Crippen molar-refractivity contribution in [2.24, 2.45) is 17.8 Å². The topological polar surface area (TPSA) is 67.4 Å². The van der Waals surface area contributed by atoms with E-state index in [1.807, 2.05) is 9.80 Å². The van der Waals surface area contributed by atoms with E-state index < -0.39 is 0 Å². The van der Waals surface area contributed by atoms with Crippen molar-refractivity contribution in [3.8, 4) is 0 Å². The number of hydrogen-bond acceptors (Lipinski definition) is 4. The molecule has 8 nitrogen and oxygen atoms in total. The zero-order valence-electron chi connectivity index (χ0n) is 20.5. The van der Waals surface area contributed by atoms with Gasteiger partial charge in [0.05, 0.1) is 0 Å². The minimum Gasteiger partial charge on any atom is -0.340 e. The van der Waals surface area contributed by atoms with Gasteiger partial charge in [-0.1, -0.05) is 0 Å². The minimum atomic E-state index is 0.0576. The Morgan fingerprint density at radius 1 is 0.848 bits per heavy atom. The van der Waals surface area contributed by atoms with Crippen LogP contribution in [0.4, 0.5) is 4.79 Å². The monoisotopic (exact) mass is 459 g/mol. The Morgan fingerprint density at radius 3 is 2.27 bits per heavy atom. The Balaban J connectivity index is 1.12. The molecule has 5 saturated heterocycles. The SMILES string of the molecule is CC(C)N1CCN(C(=O)C2CCN(C(=O)N3CC4CC(C3)[C@H]3CCCC(=O)N3C4)CC2)CC1. The fourth-order valence-corrected chi connectivity index (χ4v) is 7.00. The molecule has 0 aromatic carbocycles. The molecule has 33 heavy (non-hydrogen) atoms. The van der Waals surface area contributed by atoms with Crippen LogP contribution in [0.5, 0.6) is 0 Å². The molecular formula is C25H41N5O3. The van der Waals surface area contributed by atoms with Gasteiger partial charge in [0, 0.05) is 83.3 Å². The minimum absolute atomic E-state index is 0.0576. The Kier molecular flexibility index (Phi) is 6.56. The summed E-state index contributed by atoms with van der Waals surface area (Å²) in [5, 5.41) is 0. The number of amides is 4. The molecule has 0 aliphatic carbocycles. The summed E-state index contributed by atoms with van der Waals surface area (Å²) >= 11 is 0. The van der Waals surface area contributed by atoms with Crippen molar-refractivity contribution in [2.45, 2.75) is 64.5 Å². The molecule has 0 saturated carbocycles. The molecule has 3 atom stereocenters. The lowest BCUT2D eigenvalue weighted by molar-refractivity contribution is -0.144. The van der Waals surface area contributed by atoms with Crippen LogP contribution in [-0.4, -0.2) is 113 Å². The zero-order valence-corrected chi connectivity index (χ0v) is 20.5. The van der Waals surface area contributed by atoms with Crippen LogP contribution in [0.2, 0.25) is 0 Å². The maximum atomic E-state index is 13.4. The van der Waals surface area contributed by atoms with Gasteiger partial charge < -0.3 is 19.6 Å². The molecule has 4 amide bonds. The van der Waals surface area contributed by atoms with Crippen molar-refractivity contribution in [2.75, 3.05) is 58.9 Å².